The second kappa shape index (κ2) is 7.96. The highest BCUT2D eigenvalue weighted by molar-refractivity contribution is 6.29. The zero-order valence-corrected chi connectivity index (χ0v) is 15.2. The third kappa shape index (κ3) is 3.95. The standard InChI is InChI=1S/C18H15ClFN5O2/c1-21-18(26)12-9-24-15(19)8-13(12)25-14-7-10(20)6-11(16(14)27-2)17-22-4-3-5-23-17/h3-9H,1-2H3,(H,21,26)(H,24,25). The summed E-state index contributed by atoms with van der Waals surface area (Å²) in [7, 11) is 2.94. The lowest BCUT2D eigenvalue weighted by Crippen LogP contribution is -2.19. The predicted molar refractivity (Wildman–Crippen MR) is 99.9 cm³/mol. The predicted octanol–water partition coefficient (Wildman–Crippen LogP) is 3.44. The second-order valence-electron chi connectivity index (χ2n) is 5.36. The number of ether oxygens (including phenoxy) is 1. The number of aromatic nitrogens is 3. The van der Waals surface area contributed by atoms with Gasteiger partial charge in [0.25, 0.3) is 5.91 Å². The molecule has 2 aromatic heterocycles. The summed E-state index contributed by atoms with van der Waals surface area (Å²) in [6.07, 6.45) is 4.43. The van der Waals surface area contributed by atoms with E-state index in [0.717, 1.165) is 0 Å². The maximum Gasteiger partial charge on any atom is 0.254 e. The molecule has 138 valence electrons. The van der Waals surface area contributed by atoms with Gasteiger partial charge in [0.2, 0.25) is 0 Å². The summed E-state index contributed by atoms with van der Waals surface area (Å²) in [6.45, 7) is 0. The van der Waals surface area contributed by atoms with Crippen LogP contribution in [-0.2, 0) is 0 Å². The molecule has 0 saturated heterocycles. The number of methoxy groups -OCH3 is 1. The third-order valence-corrected chi connectivity index (χ3v) is 3.88. The van der Waals surface area contributed by atoms with Gasteiger partial charge < -0.3 is 15.4 Å². The molecule has 7 nitrogen and oxygen atoms in total. The van der Waals surface area contributed by atoms with E-state index in [4.69, 9.17) is 16.3 Å². The first-order chi connectivity index (χ1) is 13.0. The second-order valence-corrected chi connectivity index (χ2v) is 5.75. The number of hydrogen-bond donors (Lipinski definition) is 2. The fraction of sp³-hybridized carbons (Fsp3) is 0.111. The van der Waals surface area contributed by atoms with E-state index in [1.165, 1.54) is 38.6 Å². The highest BCUT2D eigenvalue weighted by atomic mass is 35.5. The van der Waals surface area contributed by atoms with Crippen molar-refractivity contribution in [1.82, 2.24) is 20.3 Å². The molecular formula is C18H15ClFN5O2. The number of carbonyl (C=O) groups excluding carboxylic acids is 1. The van der Waals surface area contributed by atoms with Crippen molar-refractivity contribution in [3.8, 4) is 17.1 Å². The average molecular weight is 388 g/mol. The number of benzene rings is 1. The van der Waals surface area contributed by atoms with Gasteiger partial charge in [-0.15, -0.1) is 0 Å². The molecule has 2 heterocycles. The van der Waals surface area contributed by atoms with Crippen molar-refractivity contribution >= 4 is 28.9 Å². The van der Waals surface area contributed by atoms with Gasteiger partial charge in [-0.3, -0.25) is 4.79 Å². The Kier molecular flexibility index (Phi) is 5.46. The normalized spacial score (nSPS) is 10.4. The molecule has 9 heteroatoms. The summed E-state index contributed by atoms with van der Waals surface area (Å²) in [6, 6.07) is 5.64. The van der Waals surface area contributed by atoms with Crippen molar-refractivity contribution in [3.05, 3.63) is 59.4 Å². The number of rotatable bonds is 5. The van der Waals surface area contributed by atoms with Gasteiger partial charge in [-0.25, -0.2) is 19.3 Å². The average Bonchev–Trinajstić information content (AvgIpc) is 2.68. The third-order valence-electron chi connectivity index (χ3n) is 3.68. The van der Waals surface area contributed by atoms with Gasteiger partial charge in [-0.1, -0.05) is 11.6 Å². The SMILES string of the molecule is CNC(=O)c1cnc(Cl)cc1Nc1cc(F)cc(-c2ncccn2)c1OC. The van der Waals surface area contributed by atoms with Crippen molar-refractivity contribution in [1.29, 1.82) is 0 Å². The minimum Gasteiger partial charge on any atom is -0.494 e. The van der Waals surface area contributed by atoms with E-state index in [1.54, 1.807) is 18.5 Å². The van der Waals surface area contributed by atoms with Crippen LogP contribution in [0.15, 0.2) is 42.9 Å². The molecule has 0 aliphatic carbocycles. The maximum absolute atomic E-state index is 14.3. The molecule has 0 fully saturated rings. The van der Waals surface area contributed by atoms with E-state index in [1.807, 2.05) is 0 Å². The largest absolute Gasteiger partial charge is 0.494 e. The molecule has 0 aliphatic heterocycles. The lowest BCUT2D eigenvalue weighted by Gasteiger charge is -2.16. The van der Waals surface area contributed by atoms with Crippen LogP contribution in [0.4, 0.5) is 15.8 Å². The number of pyridine rings is 1. The fourth-order valence-electron chi connectivity index (χ4n) is 2.50. The maximum atomic E-state index is 14.3. The Morgan fingerprint density at radius 3 is 2.56 bits per heavy atom. The molecule has 0 bridgehead atoms. The van der Waals surface area contributed by atoms with Crippen molar-refractivity contribution in [2.75, 3.05) is 19.5 Å². The van der Waals surface area contributed by atoms with Gasteiger partial charge in [0.05, 0.1) is 29.6 Å². The molecule has 3 aromatic rings. The zero-order chi connectivity index (χ0) is 19.4. The van der Waals surface area contributed by atoms with Crippen molar-refractivity contribution in [2.24, 2.45) is 0 Å². The summed E-state index contributed by atoms with van der Waals surface area (Å²) in [5, 5.41) is 5.68. The highest BCUT2D eigenvalue weighted by Crippen LogP contribution is 2.38. The smallest absolute Gasteiger partial charge is 0.254 e. The number of carbonyl (C=O) groups is 1. The molecule has 0 spiro atoms. The Morgan fingerprint density at radius 1 is 1.15 bits per heavy atom. The van der Waals surface area contributed by atoms with Crippen LogP contribution >= 0.6 is 11.6 Å². The number of nitrogens with one attached hydrogen (secondary N) is 2. The number of halogens is 2. The monoisotopic (exact) mass is 387 g/mol. The zero-order valence-electron chi connectivity index (χ0n) is 14.5. The van der Waals surface area contributed by atoms with E-state index in [-0.39, 0.29) is 22.3 Å². The Hall–Kier alpha value is -3.26. The van der Waals surface area contributed by atoms with Crippen molar-refractivity contribution < 1.29 is 13.9 Å². The topological polar surface area (TPSA) is 89.0 Å². The van der Waals surface area contributed by atoms with Crippen LogP contribution in [0.25, 0.3) is 11.4 Å². The molecule has 1 aromatic carbocycles. The fourth-order valence-corrected chi connectivity index (χ4v) is 2.66. The molecule has 0 atom stereocenters. The number of hydrogen-bond acceptors (Lipinski definition) is 6. The van der Waals surface area contributed by atoms with Crippen LogP contribution in [0.3, 0.4) is 0 Å². The van der Waals surface area contributed by atoms with Crippen LogP contribution in [-0.4, -0.2) is 35.0 Å². The molecule has 1 amide bonds. The number of amides is 1. The van der Waals surface area contributed by atoms with Crippen LogP contribution in [0, 0.1) is 5.82 Å². The molecule has 27 heavy (non-hydrogen) atoms. The van der Waals surface area contributed by atoms with E-state index in [0.29, 0.717) is 22.8 Å². The summed E-state index contributed by atoms with van der Waals surface area (Å²) < 4.78 is 19.7. The molecule has 2 N–H and O–H groups in total. The first-order valence-corrected chi connectivity index (χ1v) is 8.21. The van der Waals surface area contributed by atoms with Gasteiger partial charge in [0.15, 0.2) is 11.6 Å². The molecular weight excluding hydrogens is 373 g/mol. The van der Waals surface area contributed by atoms with Gasteiger partial charge in [-0.2, -0.15) is 0 Å². The highest BCUT2D eigenvalue weighted by Gasteiger charge is 2.18. The Labute approximate surface area is 159 Å². The van der Waals surface area contributed by atoms with Crippen LogP contribution in [0.1, 0.15) is 10.4 Å². The minimum absolute atomic E-state index is 0.173. The van der Waals surface area contributed by atoms with Gasteiger partial charge in [0, 0.05) is 31.7 Å². The van der Waals surface area contributed by atoms with Gasteiger partial charge in [0.1, 0.15) is 11.0 Å². The molecule has 0 saturated carbocycles. The van der Waals surface area contributed by atoms with E-state index >= 15 is 0 Å². The molecule has 3 rings (SSSR count). The first-order valence-electron chi connectivity index (χ1n) is 7.83. The van der Waals surface area contributed by atoms with Crippen molar-refractivity contribution in [3.63, 3.8) is 0 Å². The van der Waals surface area contributed by atoms with E-state index < -0.39 is 5.82 Å². The summed E-state index contributed by atoms with van der Waals surface area (Å²) in [5.41, 5.74) is 1.23. The summed E-state index contributed by atoms with van der Waals surface area (Å²) in [4.78, 5) is 24.3. The molecule has 0 aliphatic rings. The van der Waals surface area contributed by atoms with Gasteiger partial charge in [-0.05, 0) is 18.2 Å². The first kappa shape index (κ1) is 18.5. The van der Waals surface area contributed by atoms with E-state index in [2.05, 4.69) is 25.6 Å². The quantitative estimate of drug-likeness (QED) is 0.652. The van der Waals surface area contributed by atoms with Crippen LogP contribution < -0.4 is 15.4 Å². The van der Waals surface area contributed by atoms with Gasteiger partial charge >= 0.3 is 0 Å². The lowest BCUT2D eigenvalue weighted by atomic mass is 10.1. The number of nitrogens with zero attached hydrogens (tertiary/aromatic N) is 3. The van der Waals surface area contributed by atoms with Crippen molar-refractivity contribution in [2.45, 2.75) is 0 Å². The Balaban J connectivity index is 2.12. The van der Waals surface area contributed by atoms with E-state index in [9.17, 15) is 9.18 Å². The summed E-state index contributed by atoms with van der Waals surface area (Å²) in [5.74, 6) is -0.277. The Morgan fingerprint density at radius 2 is 1.89 bits per heavy atom. The molecule has 0 unspecified atom stereocenters. The Bertz CT molecular complexity index is 985. The minimum atomic E-state index is -0.526. The molecule has 0 radical (unpaired) electrons. The summed E-state index contributed by atoms with van der Waals surface area (Å²) >= 11 is 5.95. The van der Waals surface area contributed by atoms with Crippen LogP contribution in [0.5, 0.6) is 5.75 Å². The van der Waals surface area contributed by atoms with Crippen LogP contribution in [0.2, 0.25) is 5.15 Å². The number of anilines is 2. The lowest BCUT2D eigenvalue weighted by molar-refractivity contribution is 0.0963.